The molecular formula is C20H18N6O2. The molecule has 3 heterocycles. The van der Waals surface area contributed by atoms with E-state index in [0.717, 1.165) is 29.9 Å². The molecule has 1 fully saturated rings. The predicted molar refractivity (Wildman–Crippen MR) is 102 cm³/mol. The normalized spacial score (nSPS) is 13.8. The first kappa shape index (κ1) is 16.6. The van der Waals surface area contributed by atoms with E-state index in [2.05, 4.69) is 25.7 Å². The lowest BCUT2D eigenvalue weighted by Gasteiger charge is -2.05. The Morgan fingerprint density at radius 1 is 1.25 bits per heavy atom. The molecule has 4 aromatic rings. The van der Waals surface area contributed by atoms with E-state index in [1.807, 2.05) is 49.5 Å². The first-order chi connectivity index (χ1) is 13.7. The Morgan fingerprint density at radius 3 is 2.96 bits per heavy atom. The number of fused-ring (bicyclic) bond motifs is 1. The Morgan fingerprint density at radius 2 is 2.14 bits per heavy atom. The molecule has 0 spiro atoms. The van der Waals surface area contributed by atoms with Crippen LogP contribution in [0.15, 0.2) is 47.1 Å². The van der Waals surface area contributed by atoms with Crippen molar-refractivity contribution in [1.29, 1.82) is 0 Å². The smallest absolute Gasteiger partial charge is 0.261 e. The van der Waals surface area contributed by atoms with E-state index in [4.69, 9.17) is 4.52 Å². The molecule has 5 rings (SSSR count). The van der Waals surface area contributed by atoms with E-state index in [1.54, 1.807) is 4.40 Å². The largest absolute Gasteiger partial charge is 0.334 e. The number of pyridine rings is 1. The maximum Gasteiger partial charge on any atom is 0.261 e. The van der Waals surface area contributed by atoms with Crippen molar-refractivity contribution in [1.82, 2.24) is 24.7 Å². The van der Waals surface area contributed by atoms with E-state index in [1.165, 1.54) is 0 Å². The number of benzene rings is 1. The molecule has 8 nitrogen and oxygen atoms in total. The number of amides is 1. The van der Waals surface area contributed by atoms with Crippen LogP contribution in [0.2, 0.25) is 0 Å². The summed E-state index contributed by atoms with van der Waals surface area (Å²) in [5, 5.41) is 15.4. The molecular weight excluding hydrogens is 356 g/mol. The van der Waals surface area contributed by atoms with Crippen molar-refractivity contribution in [2.24, 2.45) is 0 Å². The Kier molecular flexibility index (Phi) is 3.89. The molecule has 0 unspecified atom stereocenters. The van der Waals surface area contributed by atoms with Gasteiger partial charge in [0.1, 0.15) is 5.82 Å². The Balaban J connectivity index is 1.40. The number of anilines is 1. The fourth-order valence-electron chi connectivity index (χ4n) is 3.17. The van der Waals surface area contributed by atoms with Gasteiger partial charge in [0.25, 0.3) is 5.89 Å². The highest BCUT2D eigenvalue weighted by Crippen LogP contribution is 2.39. The van der Waals surface area contributed by atoms with Crippen LogP contribution >= 0.6 is 0 Å². The second kappa shape index (κ2) is 6.56. The molecule has 0 aliphatic heterocycles. The summed E-state index contributed by atoms with van der Waals surface area (Å²) in [4.78, 5) is 16.9. The third-order valence-electron chi connectivity index (χ3n) is 4.74. The first-order valence-corrected chi connectivity index (χ1v) is 9.20. The van der Waals surface area contributed by atoms with Gasteiger partial charge < -0.3 is 9.84 Å². The van der Waals surface area contributed by atoms with Crippen LogP contribution in [-0.4, -0.2) is 30.6 Å². The highest BCUT2D eigenvalue weighted by atomic mass is 16.5. The average molecular weight is 374 g/mol. The molecule has 1 aromatic carbocycles. The van der Waals surface area contributed by atoms with Crippen LogP contribution < -0.4 is 5.32 Å². The quantitative estimate of drug-likeness (QED) is 0.576. The van der Waals surface area contributed by atoms with E-state index in [0.29, 0.717) is 28.8 Å². The van der Waals surface area contributed by atoms with Crippen LogP contribution in [0, 0.1) is 6.92 Å². The van der Waals surface area contributed by atoms with Gasteiger partial charge in [-0.2, -0.15) is 4.98 Å². The lowest BCUT2D eigenvalue weighted by Crippen LogP contribution is -2.16. The van der Waals surface area contributed by atoms with Crippen LogP contribution in [-0.2, 0) is 11.2 Å². The summed E-state index contributed by atoms with van der Waals surface area (Å²) < 4.78 is 7.20. The van der Waals surface area contributed by atoms with Gasteiger partial charge >= 0.3 is 0 Å². The second-order valence-electron chi connectivity index (χ2n) is 7.06. The summed E-state index contributed by atoms with van der Waals surface area (Å²) in [6.45, 7) is 1.98. The van der Waals surface area contributed by atoms with Gasteiger partial charge in [0.15, 0.2) is 11.5 Å². The van der Waals surface area contributed by atoms with Crippen LogP contribution in [0.4, 0.5) is 5.69 Å². The lowest BCUT2D eigenvalue weighted by atomic mass is 10.2. The van der Waals surface area contributed by atoms with Crippen molar-refractivity contribution in [2.75, 3.05) is 5.32 Å². The number of nitrogens with one attached hydrogen (secondary N) is 1. The van der Waals surface area contributed by atoms with Gasteiger partial charge in [-0.3, -0.25) is 9.20 Å². The third kappa shape index (κ3) is 3.13. The number of carbonyl (C=O) groups is 1. The fraction of sp³-hybridized carbons (Fsp3) is 0.250. The van der Waals surface area contributed by atoms with Gasteiger partial charge in [-0.15, -0.1) is 10.2 Å². The average Bonchev–Trinajstić information content (AvgIpc) is 3.27. The monoisotopic (exact) mass is 374 g/mol. The number of aromatic nitrogens is 5. The van der Waals surface area contributed by atoms with Crippen LogP contribution in [0.1, 0.15) is 36.0 Å². The standard InChI is InChI=1S/C20H18N6O2/c1-12-4-2-5-14(10-12)21-17(27)11-16-23-24-19-15(6-3-9-26(16)19)20-22-18(25-28-20)13-7-8-13/h2-6,9-10,13H,7-8,11H2,1H3,(H,21,27). The van der Waals surface area contributed by atoms with Gasteiger partial charge in [-0.25, -0.2) is 0 Å². The maximum atomic E-state index is 12.4. The number of hydrogen-bond acceptors (Lipinski definition) is 6. The minimum absolute atomic E-state index is 0.107. The van der Waals surface area contributed by atoms with Crippen LogP contribution in [0.25, 0.3) is 17.1 Å². The van der Waals surface area contributed by atoms with Crippen molar-refractivity contribution in [3.8, 4) is 11.5 Å². The van der Waals surface area contributed by atoms with Gasteiger partial charge in [0, 0.05) is 17.8 Å². The highest BCUT2D eigenvalue weighted by molar-refractivity contribution is 5.92. The SMILES string of the molecule is Cc1cccc(NC(=O)Cc2nnc3c(-c4nc(C5CC5)no4)cccn23)c1. The van der Waals surface area contributed by atoms with Gasteiger partial charge in [-0.05, 0) is 49.6 Å². The Hall–Kier alpha value is -3.55. The van der Waals surface area contributed by atoms with Crippen molar-refractivity contribution in [3.63, 3.8) is 0 Å². The zero-order chi connectivity index (χ0) is 19.1. The third-order valence-corrected chi connectivity index (χ3v) is 4.74. The zero-order valence-corrected chi connectivity index (χ0v) is 15.3. The number of nitrogens with zero attached hydrogens (tertiary/aromatic N) is 5. The van der Waals surface area contributed by atoms with Crippen molar-refractivity contribution in [2.45, 2.75) is 32.1 Å². The predicted octanol–water partition coefficient (Wildman–Crippen LogP) is 3.15. The fourth-order valence-corrected chi connectivity index (χ4v) is 3.17. The number of aryl methyl sites for hydroxylation is 1. The highest BCUT2D eigenvalue weighted by Gasteiger charge is 2.29. The summed E-state index contributed by atoms with van der Waals surface area (Å²) in [5.41, 5.74) is 3.14. The molecule has 1 aliphatic carbocycles. The van der Waals surface area contributed by atoms with Crippen molar-refractivity contribution in [3.05, 3.63) is 59.8 Å². The number of hydrogen-bond donors (Lipinski definition) is 1. The van der Waals surface area contributed by atoms with E-state index in [9.17, 15) is 4.79 Å². The molecule has 28 heavy (non-hydrogen) atoms. The molecule has 1 saturated carbocycles. The maximum absolute atomic E-state index is 12.4. The molecule has 1 amide bonds. The van der Waals surface area contributed by atoms with Crippen molar-refractivity contribution >= 4 is 17.2 Å². The minimum atomic E-state index is -0.154. The van der Waals surface area contributed by atoms with E-state index in [-0.39, 0.29) is 12.3 Å². The molecule has 1 aliphatic rings. The number of rotatable bonds is 5. The first-order valence-electron chi connectivity index (χ1n) is 9.20. The summed E-state index contributed by atoms with van der Waals surface area (Å²) >= 11 is 0. The minimum Gasteiger partial charge on any atom is -0.334 e. The second-order valence-corrected chi connectivity index (χ2v) is 7.06. The zero-order valence-electron chi connectivity index (χ0n) is 15.3. The van der Waals surface area contributed by atoms with Crippen LogP contribution in [0.5, 0.6) is 0 Å². The van der Waals surface area contributed by atoms with Gasteiger partial charge in [0.05, 0.1) is 12.0 Å². The van der Waals surface area contributed by atoms with Crippen molar-refractivity contribution < 1.29 is 9.32 Å². The Labute approximate surface area is 160 Å². The molecule has 1 N–H and O–H groups in total. The summed E-state index contributed by atoms with van der Waals surface area (Å²) in [6.07, 6.45) is 4.14. The molecule has 0 saturated heterocycles. The van der Waals surface area contributed by atoms with Crippen LogP contribution in [0.3, 0.4) is 0 Å². The topological polar surface area (TPSA) is 98.2 Å². The molecule has 0 radical (unpaired) electrons. The molecule has 8 heteroatoms. The van der Waals surface area contributed by atoms with E-state index >= 15 is 0 Å². The van der Waals surface area contributed by atoms with Gasteiger partial charge in [0.2, 0.25) is 5.91 Å². The summed E-state index contributed by atoms with van der Waals surface area (Å²) in [7, 11) is 0. The summed E-state index contributed by atoms with van der Waals surface area (Å²) in [5.74, 6) is 1.98. The molecule has 0 bridgehead atoms. The Bertz CT molecular complexity index is 1170. The molecule has 0 atom stereocenters. The summed E-state index contributed by atoms with van der Waals surface area (Å²) in [6, 6.07) is 11.4. The molecule has 140 valence electrons. The lowest BCUT2D eigenvalue weighted by molar-refractivity contribution is -0.115. The van der Waals surface area contributed by atoms with E-state index < -0.39 is 0 Å². The number of carbonyl (C=O) groups excluding carboxylic acids is 1. The molecule has 3 aromatic heterocycles. The van der Waals surface area contributed by atoms with Gasteiger partial charge in [-0.1, -0.05) is 17.3 Å².